The minimum absolute atomic E-state index is 0.398. The summed E-state index contributed by atoms with van der Waals surface area (Å²) in [7, 11) is 1.76. The molecule has 3 N–H and O–H groups in total. The number of benzene rings is 1. The standard InChI is InChI=1S/C25H35ClN4O/c1-17(16-31-2)29-20-8-10-21(11-9-20)30-25-13-23(24(26)15-28-25)19-4-3-5-22(12-19)27-14-18-6-7-18/h3-5,12-13,15,17-18,20-21,27,29H,6-11,14,16H2,1-2H3,(H,28,30)/t17-,20?,21?/m1/s1. The summed E-state index contributed by atoms with van der Waals surface area (Å²) in [6.45, 7) is 4.00. The first-order valence-corrected chi connectivity index (χ1v) is 12.0. The maximum absolute atomic E-state index is 6.53. The minimum atomic E-state index is 0.398. The molecule has 0 bridgehead atoms. The van der Waals surface area contributed by atoms with Crippen molar-refractivity contribution in [1.82, 2.24) is 10.3 Å². The highest BCUT2D eigenvalue weighted by molar-refractivity contribution is 6.33. The van der Waals surface area contributed by atoms with E-state index in [1.807, 2.05) is 0 Å². The molecule has 2 aliphatic carbocycles. The molecule has 2 fully saturated rings. The second-order valence-corrected chi connectivity index (χ2v) is 9.58. The lowest BCUT2D eigenvalue weighted by Gasteiger charge is -2.32. The van der Waals surface area contributed by atoms with Gasteiger partial charge in [-0.15, -0.1) is 0 Å². The van der Waals surface area contributed by atoms with Crippen molar-refractivity contribution in [2.75, 3.05) is 30.9 Å². The SMILES string of the molecule is COC[C@@H](C)NC1CCC(Nc2cc(-c3cccc(NCC4CC4)c3)c(Cl)cn2)CC1. The Hall–Kier alpha value is -1.82. The van der Waals surface area contributed by atoms with Gasteiger partial charge in [-0.25, -0.2) is 4.98 Å². The quantitative estimate of drug-likeness (QED) is 0.449. The fraction of sp³-hybridized carbons (Fsp3) is 0.560. The van der Waals surface area contributed by atoms with Gasteiger partial charge in [-0.3, -0.25) is 0 Å². The van der Waals surface area contributed by atoms with Crippen LogP contribution < -0.4 is 16.0 Å². The summed E-state index contributed by atoms with van der Waals surface area (Å²) in [5.74, 6) is 1.75. The molecule has 2 aromatic rings. The van der Waals surface area contributed by atoms with Crippen LogP contribution in [0.5, 0.6) is 0 Å². The van der Waals surface area contributed by atoms with Crippen LogP contribution in [0.2, 0.25) is 5.02 Å². The van der Waals surface area contributed by atoms with Crippen LogP contribution in [-0.4, -0.2) is 43.4 Å². The predicted molar refractivity (Wildman–Crippen MR) is 130 cm³/mol. The highest BCUT2D eigenvalue weighted by Gasteiger charge is 2.23. The van der Waals surface area contributed by atoms with Crippen LogP contribution >= 0.6 is 11.6 Å². The average molecular weight is 443 g/mol. The molecular formula is C25H35ClN4O. The van der Waals surface area contributed by atoms with Gasteiger partial charge in [-0.1, -0.05) is 23.7 Å². The number of anilines is 2. The zero-order valence-electron chi connectivity index (χ0n) is 18.7. The maximum atomic E-state index is 6.53. The van der Waals surface area contributed by atoms with E-state index in [4.69, 9.17) is 16.3 Å². The van der Waals surface area contributed by atoms with Gasteiger partial charge in [0.25, 0.3) is 0 Å². The summed E-state index contributed by atoms with van der Waals surface area (Å²) in [4.78, 5) is 4.55. The second kappa shape index (κ2) is 10.7. The zero-order chi connectivity index (χ0) is 21.6. The van der Waals surface area contributed by atoms with Gasteiger partial charge in [0.1, 0.15) is 5.82 Å². The number of hydrogen-bond acceptors (Lipinski definition) is 5. The Morgan fingerprint density at radius 3 is 2.61 bits per heavy atom. The first-order chi connectivity index (χ1) is 15.1. The highest BCUT2D eigenvalue weighted by Crippen LogP contribution is 2.33. The lowest BCUT2D eigenvalue weighted by Crippen LogP contribution is -2.42. The summed E-state index contributed by atoms with van der Waals surface area (Å²) in [6.07, 6.45) is 9.07. The van der Waals surface area contributed by atoms with Gasteiger partial charge >= 0.3 is 0 Å². The van der Waals surface area contributed by atoms with E-state index in [0.29, 0.717) is 23.1 Å². The van der Waals surface area contributed by atoms with Gasteiger partial charge in [0.15, 0.2) is 0 Å². The third kappa shape index (κ3) is 6.58. The van der Waals surface area contributed by atoms with Crippen LogP contribution in [0.25, 0.3) is 11.1 Å². The largest absolute Gasteiger partial charge is 0.385 e. The van der Waals surface area contributed by atoms with Crippen molar-refractivity contribution in [2.45, 2.75) is 63.6 Å². The van der Waals surface area contributed by atoms with Crippen molar-refractivity contribution >= 4 is 23.1 Å². The number of methoxy groups -OCH3 is 1. The molecule has 1 aromatic carbocycles. The Morgan fingerprint density at radius 1 is 1.10 bits per heavy atom. The predicted octanol–water partition coefficient (Wildman–Crippen LogP) is 5.57. The van der Waals surface area contributed by atoms with E-state index in [9.17, 15) is 0 Å². The minimum Gasteiger partial charge on any atom is -0.385 e. The van der Waals surface area contributed by atoms with E-state index in [1.165, 1.54) is 25.7 Å². The highest BCUT2D eigenvalue weighted by atomic mass is 35.5. The van der Waals surface area contributed by atoms with E-state index in [0.717, 1.165) is 54.5 Å². The third-order valence-corrected chi connectivity index (χ3v) is 6.64. The second-order valence-electron chi connectivity index (χ2n) is 9.17. The lowest BCUT2D eigenvalue weighted by molar-refractivity contribution is 0.161. The number of hydrogen-bond donors (Lipinski definition) is 3. The number of ether oxygens (including phenoxy) is 1. The van der Waals surface area contributed by atoms with Gasteiger partial charge in [-0.05, 0) is 75.1 Å². The molecule has 0 unspecified atom stereocenters. The van der Waals surface area contributed by atoms with Crippen molar-refractivity contribution in [3.63, 3.8) is 0 Å². The number of halogens is 1. The summed E-state index contributed by atoms with van der Waals surface area (Å²) in [5.41, 5.74) is 3.30. The molecule has 1 aromatic heterocycles. The molecular weight excluding hydrogens is 408 g/mol. The molecule has 0 spiro atoms. The third-order valence-electron chi connectivity index (χ3n) is 6.34. The van der Waals surface area contributed by atoms with Crippen LogP contribution in [-0.2, 0) is 4.74 Å². The zero-order valence-corrected chi connectivity index (χ0v) is 19.4. The lowest BCUT2D eigenvalue weighted by atomic mass is 9.90. The number of aromatic nitrogens is 1. The van der Waals surface area contributed by atoms with Crippen LogP contribution in [0.1, 0.15) is 45.4 Å². The Labute approximate surface area is 191 Å². The van der Waals surface area contributed by atoms with E-state index >= 15 is 0 Å². The van der Waals surface area contributed by atoms with Crippen LogP contribution in [0, 0.1) is 5.92 Å². The summed E-state index contributed by atoms with van der Waals surface area (Å²) in [6, 6.07) is 12.0. The Bertz CT molecular complexity index is 849. The van der Waals surface area contributed by atoms with Crippen LogP contribution in [0.3, 0.4) is 0 Å². The Morgan fingerprint density at radius 2 is 1.87 bits per heavy atom. The summed E-state index contributed by atoms with van der Waals surface area (Å²) < 4.78 is 5.24. The number of pyridine rings is 1. The summed E-state index contributed by atoms with van der Waals surface area (Å²) >= 11 is 6.53. The molecule has 168 valence electrons. The monoisotopic (exact) mass is 442 g/mol. The average Bonchev–Trinajstić information content (AvgIpc) is 3.60. The first kappa shape index (κ1) is 22.4. The smallest absolute Gasteiger partial charge is 0.126 e. The molecule has 0 amide bonds. The Kier molecular flexibility index (Phi) is 7.70. The van der Waals surface area contributed by atoms with Gasteiger partial charge in [-0.2, -0.15) is 0 Å². The maximum Gasteiger partial charge on any atom is 0.126 e. The van der Waals surface area contributed by atoms with Gasteiger partial charge in [0.2, 0.25) is 0 Å². The summed E-state index contributed by atoms with van der Waals surface area (Å²) in [5, 5.41) is 11.6. The van der Waals surface area contributed by atoms with E-state index in [1.54, 1.807) is 13.3 Å². The molecule has 0 aliphatic heterocycles. The van der Waals surface area contributed by atoms with Gasteiger partial charge in [0, 0.05) is 49.2 Å². The van der Waals surface area contributed by atoms with E-state index in [2.05, 4.69) is 58.2 Å². The molecule has 2 saturated carbocycles. The molecule has 0 saturated heterocycles. The normalized spacial score (nSPS) is 22.2. The number of nitrogens with zero attached hydrogens (tertiary/aromatic N) is 1. The fourth-order valence-electron chi connectivity index (χ4n) is 4.43. The molecule has 0 radical (unpaired) electrons. The van der Waals surface area contributed by atoms with E-state index in [-0.39, 0.29) is 0 Å². The fourth-order valence-corrected chi connectivity index (χ4v) is 4.65. The number of nitrogens with one attached hydrogen (secondary N) is 3. The number of rotatable bonds is 10. The molecule has 31 heavy (non-hydrogen) atoms. The topological polar surface area (TPSA) is 58.2 Å². The van der Waals surface area contributed by atoms with Crippen molar-refractivity contribution < 1.29 is 4.74 Å². The van der Waals surface area contributed by atoms with Gasteiger partial charge < -0.3 is 20.7 Å². The van der Waals surface area contributed by atoms with Crippen molar-refractivity contribution in [1.29, 1.82) is 0 Å². The van der Waals surface area contributed by atoms with E-state index < -0.39 is 0 Å². The molecule has 1 atom stereocenters. The van der Waals surface area contributed by atoms with Crippen molar-refractivity contribution in [3.8, 4) is 11.1 Å². The molecule has 5 nitrogen and oxygen atoms in total. The Balaban J connectivity index is 1.35. The molecule has 1 heterocycles. The molecule has 2 aliphatic rings. The van der Waals surface area contributed by atoms with Crippen molar-refractivity contribution in [3.05, 3.63) is 41.6 Å². The first-order valence-electron chi connectivity index (χ1n) is 11.6. The van der Waals surface area contributed by atoms with Crippen LogP contribution in [0.15, 0.2) is 36.5 Å². The van der Waals surface area contributed by atoms with Crippen LogP contribution in [0.4, 0.5) is 11.5 Å². The molecule has 4 rings (SSSR count). The van der Waals surface area contributed by atoms with Gasteiger partial charge in [0.05, 0.1) is 11.6 Å². The van der Waals surface area contributed by atoms with Crippen molar-refractivity contribution in [2.24, 2.45) is 5.92 Å². The molecule has 6 heteroatoms.